The number of carbonyl (C=O) groups is 1. The Balaban J connectivity index is 1.47. The molecule has 34 heavy (non-hydrogen) atoms. The van der Waals surface area contributed by atoms with Gasteiger partial charge in [-0.3, -0.25) is 0 Å². The van der Waals surface area contributed by atoms with E-state index in [9.17, 15) is 9.90 Å². The minimum atomic E-state index is -0.900. The molecule has 176 valence electrons. The molecule has 3 aromatic carbocycles. The van der Waals surface area contributed by atoms with Crippen LogP contribution >= 0.6 is 0 Å². The minimum Gasteiger partial charge on any atom is -0.478 e. The van der Waals surface area contributed by atoms with Crippen molar-refractivity contribution in [1.82, 2.24) is 0 Å². The van der Waals surface area contributed by atoms with Gasteiger partial charge in [-0.1, -0.05) is 51.3 Å². The fourth-order valence-electron chi connectivity index (χ4n) is 7.14. The van der Waals surface area contributed by atoms with Crippen LogP contribution in [-0.4, -0.2) is 17.9 Å². The van der Waals surface area contributed by atoms with Crippen molar-refractivity contribution >= 4 is 16.7 Å². The first kappa shape index (κ1) is 21.5. The van der Waals surface area contributed by atoms with E-state index in [0.717, 1.165) is 39.3 Å². The molecule has 2 bridgehead atoms. The van der Waals surface area contributed by atoms with Crippen molar-refractivity contribution in [2.75, 3.05) is 6.79 Å². The maximum atomic E-state index is 11.4. The monoisotopic (exact) mass is 456 g/mol. The average molecular weight is 457 g/mol. The van der Waals surface area contributed by atoms with Gasteiger partial charge in [-0.25, -0.2) is 4.79 Å². The zero-order valence-electron chi connectivity index (χ0n) is 20.0. The quantitative estimate of drug-likeness (QED) is 0.440. The molecule has 0 spiro atoms. The first-order valence-electron chi connectivity index (χ1n) is 12.6. The second-order valence-corrected chi connectivity index (χ2v) is 11.1. The van der Waals surface area contributed by atoms with Crippen molar-refractivity contribution in [2.45, 2.75) is 64.2 Å². The average Bonchev–Trinajstić information content (AvgIpc) is 3.31. The molecule has 0 aromatic heterocycles. The van der Waals surface area contributed by atoms with Crippen molar-refractivity contribution in [1.29, 1.82) is 0 Å². The van der Waals surface area contributed by atoms with Crippen LogP contribution in [0.5, 0.6) is 11.5 Å². The molecular weight excluding hydrogens is 424 g/mol. The van der Waals surface area contributed by atoms with Gasteiger partial charge in [0.05, 0.1) is 5.56 Å². The molecule has 0 radical (unpaired) electrons. The van der Waals surface area contributed by atoms with E-state index in [1.807, 2.05) is 12.1 Å². The number of ether oxygens (including phenoxy) is 2. The third kappa shape index (κ3) is 3.46. The number of hydrogen-bond acceptors (Lipinski definition) is 3. The van der Waals surface area contributed by atoms with Crippen LogP contribution in [0.3, 0.4) is 0 Å². The van der Waals surface area contributed by atoms with Gasteiger partial charge < -0.3 is 14.6 Å². The van der Waals surface area contributed by atoms with E-state index in [4.69, 9.17) is 9.47 Å². The Labute approximate surface area is 200 Å². The zero-order valence-corrected chi connectivity index (χ0v) is 20.0. The first-order chi connectivity index (χ1) is 16.4. The van der Waals surface area contributed by atoms with E-state index in [0.29, 0.717) is 11.0 Å². The van der Waals surface area contributed by atoms with Gasteiger partial charge in [0.1, 0.15) is 0 Å². The third-order valence-corrected chi connectivity index (χ3v) is 8.81. The van der Waals surface area contributed by atoms with Gasteiger partial charge in [0.2, 0.25) is 6.79 Å². The molecule has 3 atom stereocenters. The lowest BCUT2D eigenvalue weighted by atomic mass is 9.51. The van der Waals surface area contributed by atoms with Gasteiger partial charge in [0, 0.05) is 5.56 Å². The molecule has 0 saturated heterocycles. The molecule has 2 fully saturated rings. The Morgan fingerprint density at radius 1 is 1.03 bits per heavy atom. The van der Waals surface area contributed by atoms with E-state index >= 15 is 0 Å². The lowest BCUT2D eigenvalue weighted by Gasteiger charge is -2.53. The van der Waals surface area contributed by atoms with Gasteiger partial charge in [0.15, 0.2) is 11.5 Å². The SMILES string of the molecule is CCC1(C)CC2CCCC(c3cc(-c4ccc5cc(C(=O)O)ccc5c4)cc4c3OCO4)(C2)C1. The number of benzene rings is 3. The third-order valence-electron chi connectivity index (χ3n) is 8.81. The maximum absolute atomic E-state index is 11.4. The van der Waals surface area contributed by atoms with Gasteiger partial charge in [0.25, 0.3) is 0 Å². The predicted octanol–water partition coefficient (Wildman–Crippen LogP) is 7.57. The number of fused-ring (bicyclic) bond motifs is 4. The molecular formula is C30H32O4. The fourth-order valence-corrected chi connectivity index (χ4v) is 7.14. The van der Waals surface area contributed by atoms with Gasteiger partial charge in [-0.2, -0.15) is 0 Å². The summed E-state index contributed by atoms with van der Waals surface area (Å²) >= 11 is 0. The summed E-state index contributed by atoms with van der Waals surface area (Å²) in [4.78, 5) is 11.4. The van der Waals surface area contributed by atoms with Crippen molar-refractivity contribution in [3.05, 3.63) is 59.7 Å². The highest BCUT2D eigenvalue weighted by Gasteiger charge is 2.50. The minimum absolute atomic E-state index is 0.146. The Hall–Kier alpha value is -3.01. The summed E-state index contributed by atoms with van der Waals surface area (Å²) in [7, 11) is 0. The molecule has 6 rings (SSSR count). The van der Waals surface area contributed by atoms with E-state index in [-0.39, 0.29) is 12.2 Å². The summed E-state index contributed by atoms with van der Waals surface area (Å²) < 4.78 is 12.0. The molecule has 1 aliphatic heterocycles. The summed E-state index contributed by atoms with van der Waals surface area (Å²) in [6.45, 7) is 5.11. The highest BCUT2D eigenvalue weighted by Crippen LogP contribution is 2.60. The molecule has 3 aromatic rings. The zero-order chi connectivity index (χ0) is 23.5. The van der Waals surface area contributed by atoms with E-state index < -0.39 is 5.97 Å². The highest BCUT2D eigenvalue weighted by molar-refractivity contribution is 5.95. The van der Waals surface area contributed by atoms with E-state index in [2.05, 4.69) is 38.1 Å². The number of rotatable bonds is 4. The maximum Gasteiger partial charge on any atom is 0.335 e. The van der Waals surface area contributed by atoms with Crippen molar-refractivity contribution in [3.8, 4) is 22.6 Å². The standard InChI is InChI=1S/C30H32O4/c1-3-29(2)15-19-5-4-10-30(16-19,17-29)25-13-24(14-26-27(25)34-18-33-26)22-7-6-21-12-23(28(31)32)9-8-20(21)11-22/h6-9,11-14,19H,3-5,10,15-18H2,1-2H3,(H,31,32). The summed E-state index contributed by atoms with van der Waals surface area (Å²) in [5.74, 6) is 1.70. The molecule has 3 aliphatic rings. The summed E-state index contributed by atoms with van der Waals surface area (Å²) in [5, 5.41) is 11.3. The number of carboxylic acid groups (broad SMARTS) is 1. The molecule has 2 aliphatic carbocycles. The Kier molecular flexibility index (Phi) is 4.91. The predicted molar refractivity (Wildman–Crippen MR) is 134 cm³/mol. The number of hydrogen-bond donors (Lipinski definition) is 1. The summed E-state index contributed by atoms with van der Waals surface area (Å²) in [6.07, 6.45) is 8.86. The van der Waals surface area contributed by atoms with E-state index in [1.165, 1.54) is 50.5 Å². The van der Waals surface area contributed by atoms with E-state index in [1.54, 1.807) is 12.1 Å². The second kappa shape index (κ2) is 7.76. The van der Waals surface area contributed by atoms with Gasteiger partial charge in [-0.15, -0.1) is 0 Å². The molecule has 0 amide bonds. The van der Waals surface area contributed by atoms with Crippen LogP contribution in [0.4, 0.5) is 0 Å². The Morgan fingerprint density at radius 2 is 1.85 bits per heavy atom. The van der Waals surface area contributed by atoms with Crippen molar-refractivity contribution < 1.29 is 19.4 Å². The van der Waals surface area contributed by atoms with Gasteiger partial charge in [-0.05, 0) is 94.7 Å². The normalized spacial score (nSPS) is 27.6. The fraction of sp³-hybridized carbons (Fsp3) is 0.433. The molecule has 1 heterocycles. The Bertz CT molecular complexity index is 1290. The van der Waals surface area contributed by atoms with Crippen LogP contribution in [0.2, 0.25) is 0 Å². The van der Waals surface area contributed by atoms with Crippen LogP contribution in [-0.2, 0) is 5.41 Å². The van der Waals surface area contributed by atoms with Crippen molar-refractivity contribution in [2.24, 2.45) is 11.3 Å². The highest BCUT2D eigenvalue weighted by atomic mass is 16.7. The van der Waals surface area contributed by atoms with Crippen LogP contribution in [0.25, 0.3) is 21.9 Å². The number of carboxylic acids is 1. The molecule has 4 heteroatoms. The topological polar surface area (TPSA) is 55.8 Å². The molecule has 2 saturated carbocycles. The first-order valence-corrected chi connectivity index (χ1v) is 12.6. The molecule has 4 nitrogen and oxygen atoms in total. The summed E-state index contributed by atoms with van der Waals surface area (Å²) in [5.41, 5.74) is 4.43. The molecule has 3 unspecified atom stereocenters. The second-order valence-electron chi connectivity index (χ2n) is 11.1. The number of aromatic carboxylic acids is 1. The lowest BCUT2D eigenvalue weighted by molar-refractivity contribution is 0.0378. The van der Waals surface area contributed by atoms with Crippen LogP contribution in [0.1, 0.15) is 74.7 Å². The van der Waals surface area contributed by atoms with Crippen LogP contribution < -0.4 is 9.47 Å². The van der Waals surface area contributed by atoms with Crippen molar-refractivity contribution in [3.63, 3.8) is 0 Å². The van der Waals surface area contributed by atoms with Crippen LogP contribution in [0, 0.1) is 11.3 Å². The van der Waals surface area contributed by atoms with Gasteiger partial charge >= 0.3 is 5.97 Å². The smallest absolute Gasteiger partial charge is 0.335 e. The van der Waals surface area contributed by atoms with Crippen LogP contribution in [0.15, 0.2) is 48.5 Å². The lowest BCUT2D eigenvalue weighted by Crippen LogP contribution is -2.44. The summed E-state index contributed by atoms with van der Waals surface area (Å²) in [6, 6.07) is 16.0. The Morgan fingerprint density at radius 3 is 2.68 bits per heavy atom. The largest absolute Gasteiger partial charge is 0.478 e. The molecule has 1 N–H and O–H groups in total.